The van der Waals surface area contributed by atoms with Crippen LogP contribution in [0.2, 0.25) is 0 Å². The zero-order valence-corrected chi connectivity index (χ0v) is 46.7. The SMILES string of the molecule is CCCCC/C=C\C/C=C\CCCCCCCCCCCC(=O)OCCCCCCCCCCC/C=C\C/C=C\CCCCCCCCCC(=O)NC(CO)C(O)CCCCCCCCCCCCC. The molecular weight excluding hydrogens is 863 g/mol. The van der Waals surface area contributed by atoms with Crippen molar-refractivity contribution in [3.8, 4) is 0 Å². The predicted octanol–water partition coefficient (Wildman–Crippen LogP) is 19.4. The Bertz CT molecular complexity index is 1180. The molecule has 0 bridgehead atoms. The van der Waals surface area contributed by atoms with E-state index in [9.17, 15) is 19.8 Å². The predicted molar refractivity (Wildman–Crippen MR) is 306 cm³/mol. The smallest absolute Gasteiger partial charge is 0.305 e. The first-order valence-electron chi connectivity index (χ1n) is 30.9. The monoisotopic (exact) mass is 982 g/mol. The van der Waals surface area contributed by atoms with Crippen molar-refractivity contribution in [2.24, 2.45) is 0 Å². The first-order chi connectivity index (χ1) is 34.5. The molecule has 0 radical (unpaired) electrons. The summed E-state index contributed by atoms with van der Waals surface area (Å²) < 4.78 is 5.49. The molecule has 0 aliphatic carbocycles. The summed E-state index contributed by atoms with van der Waals surface area (Å²) in [5, 5.41) is 23.2. The number of aliphatic hydroxyl groups is 2. The fraction of sp³-hybridized carbons (Fsp3) is 0.844. The van der Waals surface area contributed by atoms with E-state index in [1.165, 1.54) is 218 Å². The van der Waals surface area contributed by atoms with Gasteiger partial charge in [-0.15, -0.1) is 0 Å². The van der Waals surface area contributed by atoms with Gasteiger partial charge in [0.1, 0.15) is 0 Å². The number of ether oxygens (including phenoxy) is 1. The molecule has 0 aliphatic rings. The van der Waals surface area contributed by atoms with Crippen LogP contribution >= 0.6 is 0 Å². The van der Waals surface area contributed by atoms with Gasteiger partial charge in [0.25, 0.3) is 0 Å². The van der Waals surface area contributed by atoms with Crippen LogP contribution in [0, 0.1) is 0 Å². The maximum atomic E-state index is 12.4. The Morgan fingerprint density at radius 2 is 0.714 bits per heavy atom. The van der Waals surface area contributed by atoms with E-state index in [2.05, 4.69) is 67.8 Å². The molecule has 0 fully saturated rings. The lowest BCUT2D eigenvalue weighted by Gasteiger charge is -2.22. The molecule has 0 aromatic rings. The van der Waals surface area contributed by atoms with E-state index < -0.39 is 12.1 Å². The second-order valence-electron chi connectivity index (χ2n) is 21.0. The summed E-state index contributed by atoms with van der Waals surface area (Å²) in [6.07, 6.45) is 75.5. The number of allylic oxidation sites excluding steroid dienone is 8. The molecule has 0 rings (SSSR count). The molecule has 2 unspecified atom stereocenters. The molecule has 6 nitrogen and oxygen atoms in total. The standard InChI is InChI=1S/C64H119NO5/c1-3-5-7-9-11-13-15-16-17-18-24-28-31-34-38-42-46-50-54-58-64(69)70-59-55-51-47-43-39-35-32-29-26-23-21-19-20-22-25-27-30-33-37-41-45-49-53-57-63(68)65-61(60-66)62(67)56-52-48-44-40-36-14-12-10-8-6-4-2/h11,13,16-17,19,21-22,25,61-62,66-67H,3-10,12,14-15,18,20,23-24,26-60H2,1-2H3,(H,65,68)/b13-11-,17-16-,21-19-,25-22-. The maximum Gasteiger partial charge on any atom is 0.305 e. The molecular formula is C64H119NO5. The average Bonchev–Trinajstić information content (AvgIpc) is 3.36. The van der Waals surface area contributed by atoms with Gasteiger partial charge in [-0.1, -0.05) is 268 Å². The van der Waals surface area contributed by atoms with Crippen molar-refractivity contribution in [1.29, 1.82) is 0 Å². The lowest BCUT2D eigenvalue weighted by molar-refractivity contribution is -0.143. The number of nitrogens with one attached hydrogen (secondary N) is 1. The number of carbonyl (C=O) groups excluding carboxylic acids is 2. The van der Waals surface area contributed by atoms with Gasteiger partial charge in [-0.3, -0.25) is 9.59 Å². The van der Waals surface area contributed by atoms with Crippen molar-refractivity contribution < 1.29 is 24.5 Å². The highest BCUT2D eigenvalue weighted by Crippen LogP contribution is 2.17. The van der Waals surface area contributed by atoms with Crippen molar-refractivity contribution in [1.82, 2.24) is 5.32 Å². The third-order valence-corrected chi connectivity index (χ3v) is 14.1. The van der Waals surface area contributed by atoms with Crippen molar-refractivity contribution in [3.05, 3.63) is 48.6 Å². The quantitative estimate of drug-likeness (QED) is 0.0321. The van der Waals surface area contributed by atoms with Gasteiger partial charge in [-0.05, 0) is 89.9 Å². The average molecular weight is 983 g/mol. The highest BCUT2D eigenvalue weighted by molar-refractivity contribution is 5.76. The van der Waals surface area contributed by atoms with Crippen LogP contribution in [0.25, 0.3) is 0 Å². The van der Waals surface area contributed by atoms with Gasteiger partial charge in [-0.2, -0.15) is 0 Å². The van der Waals surface area contributed by atoms with Gasteiger partial charge in [0, 0.05) is 12.8 Å². The number of aliphatic hydroxyl groups excluding tert-OH is 2. The molecule has 0 saturated carbocycles. The highest BCUT2D eigenvalue weighted by atomic mass is 16.5. The second kappa shape index (κ2) is 59.4. The van der Waals surface area contributed by atoms with Crippen LogP contribution < -0.4 is 5.32 Å². The van der Waals surface area contributed by atoms with E-state index in [0.717, 1.165) is 70.6 Å². The van der Waals surface area contributed by atoms with Crippen molar-refractivity contribution >= 4 is 11.9 Å². The molecule has 1 amide bonds. The minimum absolute atomic E-state index is 0.00295. The van der Waals surface area contributed by atoms with Gasteiger partial charge in [0.2, 0.25) is 5.91 Å². The Morgan fingerprint density at radius 1 is 0.400 bits per heavy atom. The molecule has 3 N–H and O–H groups in total. The minimum atomic E-state index is -0.670. The van der Waals surface area contributed by atoms with Crippen LogP contribution in [0.4, 0.5) is 0 Å². The first kappa shape index (κ1) is 67.8. The minimum Gasteiger partial charge on any atom is -0.466 e. The van der Waals surface area contributed by atoms with E-state index in [0.29, 0.717) is 25.9 Å². The molecule has 70 heavy (non-hydrogen) atoms. The third-order valence-electron chi connectivity index (χ3n) is 14.1. The molecule has 0 aromatic carbocycles. The summed E-state index contributed by atoms with van der Waals surface area (Å²) in [7, 11) is 0. The summed E-state index contributed by atoms with van der Waals surface area (Å²) in [4.78, 5) is 24.5. The second-order valence-corrected chi connectivity index (χ2v) is 21.0. The Labute approximate surface area is 436 Å². The maximum absolute atomic E-state index is 12.4. The van der Waals surface area contributed by atoms with E-state index in [4.69, 9.17) is 4.74 Å². The first-order valence-corrected chi connectivity index (χ1v) is 30.9. The molecule has 0 aliphatic heterocycles. The molecule has 0 spiro atoms. The van der Waals surface area contributed by atoms with Crippen LogP contribution in [0.15, 0.2) is 48.6 Å². The van der Waals surface area contributed by atoms with Crippen LogP contribution in [0.5, 0.6) is 0 Å². The van der Waals surface area contributed by atoms with Gasteiger partial charge < -0.3 is 20.3 Å². The Morgan fingerprint density at radius 3 is 1.11 bits per heavy atom. The lowest BCUT2D eigenvalue weighted by Crippen LogP contribution is -2.45. The summed E-state index contributed by atoms with van der Waals surface area (Å²) in [5.41, 5.74) is 0. The zero-order valence-electron chi connectivity index (χ0n) is 46.7. The number of esters is 1. The van der Waals surface area contributed by atoms with Crippen LogP contribution in [-0.4, -0.2) is 47.4 Å². The summed E-state index contributed by atoms with van der Waals surface area (Å²) >= 11 is 0. The molecule has 0 aromatic heterocycles. The summed E-state index contributed by atoms with van der Waals surface area (Å²) in [6.45, 7) is 4.91. The lowest BCUT2D eigenvalue weighted by atomic mass is 10.0. The van der Waals surface area contributed by atoms with Crippen molar-refractivity contribution in [2.45, 2.75) is 334 Å². The van der Waals surface area contributed by atoms with E-state index in [1.54, 1.807) is 0 Å². The van der Waals surface area contributed by atoms with Gasteiger partial charge >= 0.3 is 5.97 Å². The van der Waals surface area contributed by atoms with Gasteiger partial charge in [0.15, 0.2) is 0 Å². The Kier molecular flexibility index (Phi) is 57.5. The van der Waals surface area contributed by atoms with E-state index in [1.807, 2.05) is 0 Å². The van der Waals surface area contributed by atoms with Gasteiger partial charge in [-0.25, -0.2) is 0 Å². The van der Waals surface area contributed by atoms with Crippen LogP contribution in [-0.2, 0) is 14.3 Å². The fourth-order valence-electron chi connectivity index (χ4n) is 9.35. The largest absolute Gasteiger partial charge is 0.466 e. The highest BCUT2D eigenvalue weighted by Gasteiger charge is 2.20. The molecule has 0 saturated heterocycles. The number of carbonyl (C=O) groups is 2. The van der Waals surface area contributed by atoms with E-state index in [-0.39, 0.29) is 18.5 Å². The Balaban J connectivity index is 3.42. The molecule has 0 heterocycles. The number of amides is 1. The summed E-state index contributed by atoms with van der Waals surface area (Å²) in [6, 6.07) is -0.548. The van der Waals surface area contributed by atoms with E-state index >= 15 is 0 Å². The number of hydrogen-bond acceptors (Lipinski definition) is 5. The molecule has 2 atom stereocenters. The number of rotatable bonds is 57. The zero-order chi connectivity index (χ0) is 50.7. The van der Waals surface area contributed by atoms with Crippen LogP contribution in [0.1, 0.15) is 322 Å². The topological polar surface area (TPSA) is 95.9 Å². The third kappa shape index (κ3) is 55.1. The normalized spacial score (nSPS) is 12.9. The molecule has 6 heteroatoms. The number of hydrogen-bond donors (Lipinski definition) is 3. The summed E-state index contributed by atoms with van der Waals surface area (Å²) in [5.74, 6) is -0.0437. The van der Waals surface area contributed by atoms with Crippen molar-refractivity contribution in [2.75, 3.05) is 13.2 Å². The number of unbranched alkanes of at least 4 members (excludes halogenated alkanes) is 38. The Hall–Kier alpha value is -2.18. The van der Waals surface area contributed by atoms with Crippen LogP contribution in [0.3, 0.4) is 0 Å². The van der Waals surface area contributed by atoms with Crippen molar-refractivity contribution in [3.63, 3.8) is 0 Å². The fourth-order valence-corrected chi connectivity index (χ4v) is 9.35. The molecule has 410 valence electrons. The van der Waals surface area contributed by atoms with Gasteiger partial charge in [0.05, 0.1) is 25.4 Å².